The summed E-state index contributed by atoms with van der Waals surface area (Å²) in [5.74, 6) is 0.395. The first kappa shape index (κ1) is 17.0. The molecular formula is C18H16ClN3O3. The summed E-state index contributed by atoms with van der Waals surface area (Å²) in [4.78, 5) is 12.1. The normalized spacial score (nSPS) is 10.5. The van der Waals surface area contributed by atoms with E-state index >= 15 is 0 Å². The summed E-state index contributed by atoms with van der Waals surface area (Å²) in [6.07, 6.45) is 0. The summed E-state index contributed by atoms with van der Waals surface area (Å²) in [6.45, 7) is 3.75. The molecule has 7 heteroatoms. The number of amides is 1. The third-order valence-corrected chi connectivity index (χ3v) is 3.80. The van der Waals surface area contributed by atoms with Gasteiger partial charge in [0.2, 0.25) is 5.82 Å². The molecule has 25 heavy (non-hydrogen) atoms. The average molecular weight is 358 g/mol. The number of rotatable bonds is 5. The van der Waals surface area contributed by atoms with Crippen molar-refractivity contribution in [3.05, 3.63) is 58.6 Å². The molecule has 0 fully saturated rings. The number of hydrogen-bond donors (Lipinski definition) is 1. The number of nitrogens with one attached hydrogen (secondary N) is 1. The van der Waals surface area contributed by atoms with Crippen LogP contribution in [-0.2, 0) is 4.79 Å². The van der Waals surface area contributed by atoms with Crippen LogP contribution in [0.4, 0.5) is 5.82 Å². The van der Waals surface area contributed by atoms with E-state index in [0.717, 1.165) is 16.7 Å². The van der Waals surface area contributed by atoms with E-state index in [1.54, 1.807) is 24.3 Å². The van der Waals surface area contributed by atoms with Crippen LogP contribution in [0.3, 0.4) is 0 Å². The molecule has 0 atom stereocenters. The molecule has 3 aromatic rings. The standard InChI is InChI=1S/C18H16ClN3O3/c1-11-6-7-12(2)15(8-11)17-18(22-25-21-17)20-16(23)10-24-14-5-3-4-13(19)9-14/h3-9H,10H2,1-2H3,(H,20,22,23). The lowest BCUT2D eigenvalue weighted by atomic mass is 10.0. The third kappa shape index (κ3) is 4.16. The van der Waals surface area contributed by atoms with Gasteiger partial charge in [-0.1, -0.05) is 35.4 Å². The summed E-state index contributed by atoms with van der Waals surface area (Å²) in [5.41, 5.74) is 3.42. The highest BCUT2D eigenvalue weighted by Gasteiger charge is 2.17. The number of benzene rings is 2. The van der Waals surface area contributed by atoms with Gasteiger partial charge in [0.25, 0.3) is 5.91 Å². The molecule has 128 valence electrons. The smallest absolute Gasteiger partial charge is 0.263 e. The van der Waals surface area contributed by atoms with Crippen LogP contribution in [0, 0.1) is 13.8 Å². The van der Waals surface area contributed by atoms with E-state index in [9.17, 15) is 4.79 Å². The molecule has 0 radical (unpaired) electrons. The van der Waals surface area contributed by atoms with Gasteiger partial charge in [-0.25, -0.2) is 4.63 Å². The predicted octanol–water partition coefficient (Wildman–Crippen LogP) is 4.02. The fourth-order valence-electron chi connectivity index (χ4n) is 2.31. The minimum atomic E-state index is -0.373. The number of carbonyl (C=O) groups is 1. The Hall–Kier alpha value is -2.86. The fourth-order valence-corrected chi connectivity index (χ4v) is 2.49. The maximum Gasteiger partial charge on any atom is 0.263 e. The minimum absolute atomic E-state index is 0.181. The van der Waals surface area contributed by atoms with Crippen molar-refractivity contribution in [2.24, 2.45) is 0 Å². The molecule has 0 bridgehead atoms. The quantitative estimate of drug-likeness (QED) is 0.746. The molecule has 0 aliphatic rings. The molecule has 0 saturated carbocycles. The molecule has 1 N–H and O–H groups in total. The van der Waals surface area contributed by atoms with E-state index in [0.29, 0.717) is 16.5 Å². The van der Waals surface area contributed by atoms with Gasteiger partial charge in [0.05, 0.1) is 0 Å². The first-order chi connectivity index (χ1) is 12.0. The van der Waals surface area contributed by atoms with Gasteiger partial charge in [0.1, 0.15) is 5.75 Å². The maximum absolute atomic E-state index is 12.1. The Bertz CT molecular complexity index is 908. The van der Waals surface area contributed by atoms with E-state index < -0.39 is 0 Å². The summed E-state index contributed by atoms with van der Waals surface area (Å²) in [5, 5.41) is 10.9. The van der Waals surface area contributed by atoms with Gasteiger partial charge in [-0.3, -0.25) is 4.79 Å². The van der Waals surface area contributed by atoms with Crippen molar-refractivity contribution in [3.63, 3.8) is 0 Å². The second kappa shape index (κ2) is 7.36. The second-order valence-electron chi connectivity index (χ2n) is 5.57. The van der Waals surface area contributed by atoms with Gasteiger partial charge in [-0.05, 0) is 54.0 Å². The molecule has 2 aromatic carbocycles. The van der Waals surface area contributed by atoms with Crippen LogP contribution in [0.1, 0.15) is 11.1 Å². The average Bonchev–Trinajstić information content (AvgIpc) is 3.03. The number of hydrogen-bond acceptors (Lipinski definition) is 5. The van der Waals surface area contributed by atoms with Crippen molar-refractivity contribution in [2.75, 3.05) is 11.9 Å². The SMILES string of the molecule is Cc1ccc(C)c(-c2nonc2NC(=O)COc2cccc(Cl)c2)c1. The van der Waals surface area contributed by atoms with Crippen molar-refractivity contribution in [1.82, 2.24) is 10.3 Å². The number of nitrogens with zero attached hydrogens (tertiary/aromatic N) is 2. The van der Waals surface area contributed by atoms with Crippen molar-refractivity contribution in [1.29, 1.82) is 0 Å². The highest BCUT2D eigenvalue weighted by Crippen LogP contribution is 2.28. The largest absolute Gasteiger partial charge is 0.484 e. The third-order valence-electron chi connectivity index (χ3n) is 3.56. The van der Waals surface area contributed by atoms with Crippen LogP contribution in [0.2, 0.25) is 5.02 Å². The van der Waals surface area contributed by atoms with Crippen LogP contribution in [-0.4, -0.2) is 22.8 Å². The van der Waals surface area contributed by atoms with Crippen molar-refractivity contribution < 1.29 is 14.2 Å². The highest BCUT2D eigenvalue weighted by molar-refractivity contribution is 6.30. The molecule has 6 nitrogen and oxygen atoms in total. The number of anilines is 1. The predicted molar refractivity (Wildman–Crippen MR) is 94.8 cm³/mol. The van der Waals surface area contributed by atoms with Crippen molar-refractivity contribution in [2.45, 2.75) is 13.8 Å². The molecule has 1 heterocycles. The lowest BCUT2D eigenvalue weighted by Crippen LogP contribution is -2.20. The topological polar surface area (TPSA) is 77.3 Å². The van der Waals surface area contributed by atoms with E-state index in [1.807, 2.05) is 32.0 Å². The molecule has 0 spiro atoms. The maximum atomic E-state index is 12.1. The molecule has 3 rings (SSSR count). The molecule has 1 aromatic heterocycles. The Morgan fingerprint density at radius 2 is 2.04 bits per heavy atom. The molecule has 0 unspecified atom stereocenters. The lowest BCUT2D eigenvalue weighted by Gasteiger charge is -2.08. The second-order valence-corrected chi connectivity index (χ2v) is 6.01. The summed E-state index contributed by atoms with van der Waals surface area (Å²) < 4.78 is 10.2. The lowest BCUT2D eigenvalue weighted by molar-refractivity contribution is -0.118. The van der Waals surface area contributed by atoms with Crippen LogP contribution in [0.5, 0.6) is 5.75 Å². The number of aryl methyl sites for hydroxylation is 2. The van der Waals surface area contributed by atoms with Crippen LogP contribution in [0.15, 0.2) is 47.1 Å². The van der Waals surface area contributed by atoms with Gasteiger partial charge in [0.15, 0.2) is 12.3 Å². The fraction of sp³-hybridized carbons (Fsp3) is 0.167. The first-order valence-electron chi connectivity index (χ1n) is 7.61. The highest BCUT2D eigenvalue weighted by atomic mass is 35.5. The van der Waals surface area contributed by atoms with Crippen LogP contribution in [0.25, 0.3) is 11.3 Å². The monoisotopic (exact) mass is 357 g/mol. The van der Waals surface area contributed by atoms with E-state index in [1.165, 1.54) is 0 Å². The van der Waals surface area contributed by atoms with Gasteiger partial charge in [0, 0.05) is 10.6 Å². The molecule has 0 saturated heterocycles. The van der Waals surface area contributed by atoms with Crippen LogP contribution < -0.4 is 10.1 Å². The van der Waals surface area contributed by atoms with Gasteiger partial charge in [-0.2, -0.15) is 0 Å². The van der Waals surface area contributed by atoms with E-state index in [2.05, 4.69) is 15.6 Å². The summed E-state index contributed by atoms with van der Waals surface area (Å²) in [7, 11) is 0. The van der Waals surface area contributed by atoms with Crippen molar-refractivity contribution >= 4 is 23.3 Å². The Labute approximate surface area is 149 Å². The zero-order chi connectivity index (χ0) is 17.8. The zero-order valence-corrected chi connectivity index (χ0v) is 14.5. The molecule has 0 aliphatic heterocycles. The van der Waals surface area contributed by atoms with E-state index in [-0.39, 0.29) is 18.3 Å². The molecule has 1 amide bonds. The number of aromatic nitrogens is 2. The van der Waals surface area contributed by atoms with E-state index in [4.69, 9.17) is 21.0 Å². The number of halogens is 1. The Morgan fingerprint density at radius 1 is 1.20 bits per heavy atom. The molecule has 0 aliphatic carbocycles. The van der Waals surface area contributed by atoms with Crippen molar-refractivity contribution in [3.8, 4) is 17.0 Å². The van der Waals surface area contributed by atoms with Crippen LogP contribution >= 0.6 is 11.6 Å². The Morgan fingerprint density at radius 3 is 2.84 bits per heavy atom. The Kier molecular flexibility index (Phi) is 5.00. The Balaban J connectivity index is 1.70. The molecular weight excluding hydrogens is 342 g/mol. The number of carbonyl (C=O) groups excluding carboxylic acids is 1. The van der Waals surface area contributed by atoms with Gasteiger partial charge < -0.3 is 10.1 Å². The van der Waals surface area contributed by atoms with Gasteiger partial charge >= 0.3 is 0 Å². The minimum Gasteiger partial charge on any atom is -0.484 e. The van der Waals surface area contributed by atoms with Gasteiger partial charge in [-0.15, -0.1) is 0 Å². The number of ether oxygens (including phenoxy) is 1. The summed E-state index contributed by atoms with van der Waals surface area (Å²) >= 11 is 5.88. The zero-order valence-electron chi connectivity index (χ0n) is 13.7. The first-order valence-corrected chi connectivity index (χ1v) is 7.99. The summed E-state index contributed by atoms with van der Waals surface area (Å²) in [6, 6.07) is 12.8.